The maximum atomic E-state index is 13.3. The van der Waals surface area contributed by atoms with E-state index in [0.29, 0.717) is 34.1 Å². The summed E-state index contributed by atoms with van der Waals surface area (Å²) in [6, 6.07) is 22.5. The van der Waals surface area contributed by atoms with Gasteiger partial charge in [-0.25, -0.2) is 9.59 Å². The number of esters is 2. The van der Waals surface area contributed by atoms with Gasteiger partial charge in [0.1, 0.15) is 24.7 Å². The first-order valence-electron chi connectivity index (χ1n) is 11.1. The van der Waals surface area contributed by atoms with Crippen molar-refractivity contribution in [2.45, 2.75) is 39.9 Å². The third kappa shape index (κ3) is 5.12. The van der Waals surface area contributed by atoms with Crippen molar-refractivity contribution >= 4 is 11.9 Å². The summed E-state index contributed by atoms with van der Waals surface area (Å²) in [6.07, 6.45) is 0. The molecule has 0 spiro atoms. The Bertz CT molecular complexity index is 1160. The van der Waals surface area contributed by atoms with E-state index in [9.17, 15) is 9.59 Å². The second kappa shape index (κ2) is 10.3. The van der Waals surface area contributed by atoms with Gasteiger partial charge in [0, 0.05) is 11.4 Å². The lowest BCUT2D eigenvalue weighted by Crippen LogP contribution is -2.32. The second-order valence-electron chi connectivity index (χ2n) is 8.21. The van der Waals surface area contributed by atoms with E-state index in [2.05, 4.69) is 5.32 Å². The number of carbonyl (C=O) groups is 2. The fraction of sp³-hybridized carbons (Fsp3) is 0.214. The molecule has 2 heterocycles. The Balaban J connectivity index is 1.63. The van der Waals surface area contributed by atoms with Crippen LogP contribution in [-0.2, 0) is 32.3 Å². The van der Waals surface area contributed by atoms with Gasteiger partial charge < -0.3 is 19.2 Å². The molecule has 6 nitrogen and oxygen atoms in total. The monoisotopic (exact) mass is 457 g/mol. The molecule has 6 heteroatoms. The molecule has 174 valence electrons. The fourth-order valence-corrected chi connectivity index (χ4v) is 4.03. The number of benzene rings is 2. The van der Waals surface area contributed by atoms with Crippen LogP contribution in [0.3, 0.4) is 0 Å². The van der Waals surface area contributed by atoms with Gasteiger partial charge in [0.25, 0.3) is 0 Å². The first-order chi connectivity index (χ1) is 16.4. The SMILES string of the molecule is CC1=C(C(=O)OCc2ccccc2)C(c2ccc(C)o2)C(C(=O)OCc2ccccc2)=C(C)N1. The average molecular weight is 458 g/mol. The number of allylic oxidation sites excluding steroid dienone is 2. The van der Waals surface area contributed by atoms with Crippen molar-refractivity contribution in [1.82, 2.24) is 5.32 Å². The van der Waals surface area contributed by atoms with Crippen LogP contribution < -0.4 is 5.32 Å². The highest BCUT2D eigenvalue weighted by molar-refractivity contribution is 5.99. The number of dihydropyridines is 1. The van der Waals surface area contributed by atoms with Crippen molar-refractivity contribution in [3.05, 3.63) is 118 Å². The number of rotatable bonds is 7. The van der Waals surface area contributed by atoms with Crippen LogP contribution >= 0.6 is 0 Å². The highest BCUT2D eigenvalue weighted by atomic mass is 16.5. The van der Waals surface area contributed by atoms with E-state index >= 15 is 0 Å². The quantitative estimate of drug-likeness (QED) is 0.485. The average Bonchev–Trinajstić information content (AvgIpc) is 3.28. The van der Waals surface area contributed by atoms with Crippen LogP contribution in [0.25, 0.3) is 0 Å². The number of furan rings is 1. The number of hydrogen-bond donors (Lipinski definition) is 1. The van der Waals surface area contributed by atoms with E-state index in [1.165, 1.54) is 0 Å². The van der Waals surface area contributed by atoms with Crippen LogP contribution in [0.1, 0.15) is 42.4 Å². The Labute approximate surface area is 198 Å². The Kier molecular flexibility index (Phi) is 6.97. The van der Waals surface area contributed by atoms with Gasteiger partial charge in [0.2, 0.25) is 0 Å². The second-order valence-corrected chi connectivity index (χ2v) is 8.21. The number of carbonyl (C=O) groups excluding carboxylic acids is 2. The first kappa shape index (κ1) is 23.1. The predicted octanol–water partition coefficient (Wildman–Crippen LogP) is 5.31. The van der Waals surface area contributed by atoms with Gasteiger partial charge in [-0.15, -0.1) is 0 Å². The molecular formula is C28H27NO5. The smallest absolute Gasteiger partial charge is 0.337 e. The molecule has 0 saturated heterocycles. The van der Waals surface area contributed by atoms with Gasteiger partial charge in [-0.1, -0.05) is 60.7 Å². The molecule has 3 aromatic rings. The topological polar surface area (TPSA) is 77.8 Å². The van der Waals surface area contributed by atoms with E-state index in [-0.39, 0.29) is 13.2 Å². The lowest BCUT2D eigenvalue weighted by Gasteiger charge is -2.29. The van der Waals surface area contributed by atoms with E-state index in [0.717, 1.165) is 11.1 Å². The third-order valence-corrected chi connectivity index (χ3v) is 5.67. The summed E-state index contributed by atoms with van der Waals surface area (Å²) in [5.41, 5.74) is 3.60. The lowest BCUT2D eigenvalue weighted by molar-refractivity contribution is -0.141. The Morgan fingerprint density at radius 2 is 1.21 bits per heavy atom. The highest BCUT2D eigenvalue weighted by Gasteiger charge is 2.39. The van der Waals surface area contributed by atoms with Gasteiger partial charge in [-0.3, -0.25) is 0 Å². The van der Waals surface area contributed by atoms with Crippen molar-refractivity contribution in [1.29, 1.82) is 0 Å². The predicted molar refractivity (Wildman–Crippen MR) is 127 cm³/mol. The standard InChI is InChI=1S/C28H27NO5/c1-18-14-15-23(34-18)26-24(27(30)32-16-21-10-6-4-7-11-21)19(2)29-20(3)25(26)28(31)33-17-22-12-8-5-9-13-22/h4-15,26,29H,16-17H2,1-3H3. The zero-order valence-electron chi connectivity index (χ0n) is 19.5. The van der Waals surface area contributed by atoms with Crippen LogP contribution in [0.2, 0.25) is 0 Å². The van der Waals surface area contributed by atoms with Gasteiger partial charge in [0.15, 0.2) is 0 Å². The molecule has 4 rings (SSSR count). The summed E-state index contributed by atoms with van der Waals surface area (Å²) in [5.74, 6) is -0.627. The molecule has 0 saturated carbocycles. The van der Waals surface area contributed by atoms with E-state index < -0.39 is 17.9 Å². The minimum atomic E-state index is -0.749. The first-order valence-corrected chi connectivity index (χ1v) is 11.1. The van der Waals surface area contributed by atoms with E-state index in [4.69, 9.17) is 13.9 Å². The van der Waals surface area contributed by atoms with Gasteiger partial charge in [0.05, 0.1) is 17.1 Å². The maximum absolute atomic E-state index is 13.3. The molecular weight excluding hydrogens is 430 g/mol. The zero-order valence-corrected chi connectivity index (χ0v) is 19.5. The molecule has 34 heavy (non-hydrogen) atoms. The van der Waals surface area contributed by atoms with Gasteiger partial charge >= 0.3 is 11.9 Å². The third-order valence-electron chi connectivity index (χ3n) is 5.67. The van der Waals surface area contributed by atoms with Crippen molar-refractivity contribution in [2.24, 2.45) is 0 Å². The lowest BCUT2D eigenvalue weighted by atomic mass is 9.83. The van der Waals surface area contributed by atoms with Crippen molar-refractivity contribution in [2.75, 3.05) is 0 Å². The summed E-state index contributed by atoms with van der Waals surface area (Å²) >= 11 is 0. The van der Waals surface area contributed by atoms with E-state index in [1.807, 2.05) is 73.7 Å². The number of hydrogen-bond acceptors (Lipinski definition) is 6. The van der Waals surface area contributed by atoms with Crippen LogP contribution in [0.4, 0.5) is 0 Å². The molecule has 0 radical (unpaired) electrons. The maximum Gasteiger partial charge on any atom is 0.337 e. The van der Waals surface area contributed by atoms with Crippen molar-refractivity contribution in [3.8, 4) is 0 Å². The number of ether oxygens (including phenoxy) is 2. The Hall–Kier alpha value is -4.06. The summed E-state index contributed by atoms with van der Waals surface area (Å²) in [7, 11) is 0. The number of aryl methyl sites for hydroxylation is 1. The Morgan fingerprint density at radius 3 is 1.62 bits per heavy atom. The molecule has 1 aromatic heterocycles. The summed E-state index contributed by atoms with van der Waals surface area (Å²) in [4.78, 5) is 26.6. The van der Waals surface area contributed by atoms with Crippen LogP contribution in [0, 0.1) is 6.92 Å². The van der Waals surface area contributed by atoms with Crippen LogP contribution in [0.15, 0.2) is 99.8 Å². The Morgan fingerprint density at radius 1 is 0.735 bits per heavy atom. The van der Waals surface area contributed by atoms with Gasteiger partial charge in [-0.05, 0) is 44.0 Å². The zero-order chi connectivity index (χ0) is 24.1. The molecule has 0 bridgehead atoms. The molecule has 0 unspecified atom stereocenters. The molecule has 1 aliphatic heterocycles. The fourth-order valence-electron chi connectivity index (χ4n) is 4.03. The van der Waals surface area contributed by atoms with Crippen molar-refractivity contribution in [3.63, 3.8) is 0 Å². The van der Waals surface area contributed by atoms with Crippen LogP contribution in [-0.4, -0.2) is 11.9 Å². The van der Waals surface area contributed by atoms with Gasteiger partial charge in [-0.2, -0.15) is 0 Å². The van der Waals surface area contributed by atoms with Crippen LogP contribution in [0.5, 0.6) is 0 Å². The van der Waals surface area contributed by atoms with E-state index in [1.54, 1.807) is 19.9 Å². The summed E-state index contributed by atoms with van der Waals surface area (Å²) < 4.78 is 17.2. The number of nitrogens with one attached hydrogen (secondary N) is 1. The molecule has 0 aliphatic carbocycles. The summed E-state index contributed by atoms with van der Waals surface area (Å²) in [6.45, 7) is 5.64. The normalized spacial score (nSPS) is 14.1. The molecule has 2 aromatic carbocycles. The molecule has 1 aliphatic rings. The summed E-state index contributed by atoms with van der Waals surface area (Å²) in [5, 5.41) is 3.16. The minimum Gasteiger partial charge on any atom is -0.465 e. The molecule has 1 N–H and O–H groups in total. The molecule has 0 atom stereocenters. The largest absolute Gasteiger partial charge is 0.465 e. The molecule has 0 fully saturated rings. The molecule has 0 amide bonds. The highest BCUT2D eigenvalue weighted by Crippen LogP contribution is 2.40. The minimum absolute atomic E-state index is 0.122. The van der Waals surface area contributed by atoms with Crippen molar-refractivity contribution < 1.29 is 23.5 Å².